The van der Waals surface area contributed by atoms with Gasteiger partial charge in [-0.15, -0.1) is 0 Å². The van der Waals surface area contributed by atoms with E-state index in [1.54, 1.807) is 6.92 Å². The molecular formula is C11H15F2N3O. The number of aromatic nitrogens is 1. The van der Waals surface area contributed by atoms with Crippen LogP contribution < -0.4 is 10.6 Å². The van der Waals surface area contributed by atoms with Crippen LogP contribution in [0.5, 0.6) is 0 Å². The molecule has 1 unspecified atom stereocenters. The number of pyridine rings is 1. The van der Waals surface area contributed by atoms with E-state index in [-0.39, 0.29) is 11.7 Å². The van der Waals surface area contributed by atoms with Gasteiger partial charge in [-0.25, -0.2) is 13.8 Å². The van der Waals surface area contributed by atoms with Crippen LogP contribution in [0.4, 0.5) is 14.6 Å². The maximum atomic E-state index is 13.2. The molecule has 4 nitrogen and oxygen atoms in total. The van der Waals surface area contributed by atoms with Crippen molar-refractivity contribution in [2.24, 2.45) is 0 Å². The first kappa shape index (κ1) is 13.3. The van der Waals surface area contributed by atoms with Crippen molar-refractivity contribution < 1.29 is 13.6 Å². The third kappa shape index (κ3) is 3.97. The zero-order valence-electron chi connectivity index (χ0n) is 9.76. The average Bonchev–Trinajstić information content (AvgIpc) is 2.29. The van der Waals surface area contributed by atoms with E-state index in [1.165, 1.54) is 0 Å². The minimum absolute atomic E-state index is 0.134. The van der Waals surface area contributed by atoms with Gasteiger partial charge in [-0.1, -0.05) is 6.92 Å². The number of nitrogens with one attached hydrogen (secondary N) is 2. The van der Waals surface area contributed by atoms with Crippen LogP contribution in [0.15, 0.2) is 12.3 Å². The normalized spacial score (nSPS) is 12.0. The van der Waals surface area contributed by atoms with E-state index in [4.69, 9.17) is 0 Å². The van der Waals surface area contributed by atoms with Crippen LogP contribution in [-0.2, 0) is 4.79 Å². The van der Waals surface area contributed by atoms with Gasteiger partial charge in [0, 0.05) is 12.6 Å². The van der Waals surface area contributed by atoms with E-state index in [0.717, 1.165) is 12.6 Å². The number of halogens is 2. The molecule has 0 radical (unpaired) electrons. The fourth-order valence-corrected chi connectivity index (χ4v) is 1.19. The van der Waals surface area contributed by atoms with E-state index in [1.807, 2.05) is 6.92 Å². The number of rotatable bonds is 5. The Labute approximate surface area is 98.4 Å². The number of nitrogens with zero attached hydrogens (tertiary/aromatic N) is 1. The lowest BCUT2D eigenvalue weighted by molar-refractivity contribution is -0.121. The van der Waals surface area contributed by atoms with Gasteiger partial charge < -0.3 is 10.6 Å². The van der Waals surface area contributed by atoms with Crippen molar-refractivity contribution in [2.45, 2.75) is 26.3 Å². The van der Waals surface area contributed by atoms with E-state index in [0.29, 0.717) is 12.6 Å². The summed E-state index contributed by atoms with van der Waals surface area (Å²) in [5.41, 5.74) is 0. The molecule has 1 amide bonds. The zero-order chi connectivity index (χ0) is 12.8. The molecule has 2 N–H and O–H groups in total. The number of carbonyl (C=O) groups excluding carboxylic acids is 1. The SMILES string of the molecule is CCCNC(=O)C(C)Nc1ncc(F)cc1F. The van der Waals surface area contributed by atoms with Crippen LogP contribution >= 0.6 is 0 Å². The first-order chi connectivity index (χ1) is 8.04. The third-order valence-electron chi connectivity index (χ3n) is 2.10. The zero-order valence-corrected chi connectivity index (χ0v) is 9.76. The van der Waals surface area contributed by atoms with E-state index >= 15 is 0 Å². The van der Waals surface area contributed by atoms with Gasteiger partial charge in [-0.05, 0) is 13.3 Å². The molecule has 1 atom stereocenters. The van der Waals surface area contributed by atoms with Gasteiger partial charge in [0.05, 0.1) is 6.20 Å². The largest absolute Gasteiger partial charge is 0.356 e. The second-order valence-electron chi connectivity index (χ2n) is 3.64. The molecule has 17 heavy (non-hydrogen) atoms. The summed E-state index contributed by atoms with van der Waals surface area (Å²) in [5.74, 6) is -1.96. The smallest absolute Gasteiger partial charge is 0.242 e. The van der Waals surface area contributed by atoms with Gasteiger partial charge in [-0.2, -0.15) is 0 Å². The molecular weight excluding hydrogens is 228 g/mol. The van der Waals surface area contributed by atoms with Gasteiger partial charge in [0.15, 0.2) is 11.6 Å². The van der Waals surface area contributed by atoms with Crippen molar-refractivity contribution >= 4 is 11.7 Å². The summed E-state index contributed by atoms with van der Waals surface area (Å²) in [5, 5.41) is 5.24. The first-order valence-corrected chi connectivity index (χ1v) is 5.40. The average molecular weight is 243 g/mol. The van der Waals surface area contributed by atoms with Crippen LogP contribution in [0.1, 0.15) is 20.3 Å². The Balaban J connectivity index is 2.61. The molecule has 1 rings (SSSR count). The van der Waals surface area contributed by atoms with Crippen LogP contribution in [0.25, 0.3) is 0 Å². The summed E-state index contributed by atoms with van der Waals surface area (Å²) in [7, 11) is 0. The maximum absolute atomic E-state index is 13.2. The second-order valence-corrected chi connectivity index (χ2v) is 3.64. The predicted octanol–water partition coefficient (Wildman–Crippen LogP) is 1.69. The summed E-state index contributed by atoms with van der Waals surface area (Å²) in [6, 6.07) is 0.0837. The Morgan fingerprint density at radius 2 is 2.24 bits per heavy atom. The highest BCUT2D eigenvalue weighted by atomic mass is 19.1. The summed E-state index contributed by atoms with van der Waals surface area (Å²) in [4.78, 5) is 15.0. The molecule has 94 valence electrons. The number of amides is 1. The molecule has 0 aliphatic rings. The maximum Gasteiger partial charge on any atom is 0.242 e. The summed E-state index contributed by atoms with van der Waals surface area (Å²) in [6.07, 6.45) is 1.71. The minimum atomic E-state index is -0.819. The summed E-state index contributed by atoms with van der Waals surface area (Å²) >= 11 is 0. The lowest BCUT2D eigenvalue weighted by Gasteiger charge is -2.14. The van der Waals surface area contributed by atoms with Crippen molar-refractivity contribution in [3.05, 3.63) is 23.9 Å². The molecule has 0 aliphatic heterocycles. The molecule has 1 heterocycles. The number of anilines is 1. The molecule has 0 aliphatic carbocycles. The van der Waals surface area contributed by atoms with Crippen LogP contribution in [0.2, 0.25) is 0 Å². The Morgan fingerprint density at radius 1 is 1.53 bits per heavy atom. The van der Waals surface area contributed by atoms with Crippen LogP contribution in [-0.4, -0.2) is 23.5 Å². The quantitative estimate of drug-likeness (QED) is 0.827. The highest BCUT2D eigenvalue weighted by Crippen LogP contribution is 2.12. The molecule has 6 heteroatoms. The molecule has 0 spiro atoms. The fourth-order valence-electron chi connectivity index (χ4n) is 1.19. The summed E-state index contributed by atoms with van der Waals surface area (Å²) in [6.45, 7) is 4.07. The van der Waals surface area contributed by atoms with Crippen LogP contribution in [0, 0.1) is 11.6 Å². The van der Waals surface area contributed by atoms with Crippen LogP contribution in [0.3, 0.4) is 0 Å². The van der Waals surface area contributed by atoms with Crippen molar-refractivity contribution in [3.8, 4) is 0 Å². The Morgan fingerprint density at radius 3 is 2.82 bits per heavy atom. The molecule has 0 fully saturated rings. The highest BCUT2D eigenvalue weighted by molar-refractivity contribution is 5.83. The van der Waals surface area contributed by atoms with Gasteiger partial charge in [0.1, 0.15) is 11.9 Å². The van der Waals surface area contributed by atoms with Crippen molar-refractivity contribution in [2.75, 3.05) is 11.9 Å². The number of hydrogen-bond donors (Lipinski definition) is 2. The third-order valence-corrected chi connectivity index (χ3v) is 2.10. The van der Waals surface area contributed by atoms with E-state index in [2.05, 4.69) is 15.6 Å². The lowest BCUT2D eigenvalue weighted by Crippen LogP contribution is -2.38. The molecule has 1 aromatic heterocycles. The minimum Gasteiger partial charge on any atom is -0.356 e. The molecule has 0 saturated heterocycles. The number of hydrogen-bond acceptors (Lipinski definition) is 3. The second kappa shape index (κ2) is 6.12. The summed E-state index contributed by atoms with van der Waals surface area (Å²) < 4.78 is 25.8. The number of carbonyl (C=O) groups is 1. The van der Waals surface area contributed by atoms with Crippen molar-refractivity contribution in [1.29, 1.82) is 0 Å². The van der Waals surface area contributed by atoms with Gasteiger partial charge in [0.25, 0.3) is 0 Å². The lowest BCUT2D eigenvalue weighted by atomic mass is 10.3. The molecule has 0 aromatic carbocycles. The van der Waals surface area contributed by atoms with Crippen molar-refractivity contribution in [1.82, 2.24) is 10.3 Å². The Bertz CT molecular complexity index is 398. The standard InChI is InChI=1S/C11H15F2N3O/c1-3-4-14-11(17)7(2)16-10-9(13)5-8(12)6-15-10/h5-7H,3-4H2,1-2H3,(H,14,17)(H,15,16). The Hall–Kier alpha value is -1.72. The highest BCUT2D eigenvalue weighted by Gasteiger charge is 2.14. The van der Waals surface area contributed by atoms with Gasteiger partial charge in [-0.3, -0.25) is 4.79 Å². The topological polar surface area (TPSA) is 54.0 Å². The molecule has 0 bridgehead atoms. The fraction of sp³-hybridized carbons (Fsp3) is 0.455. The van der Waals surface area contributed by atoms with Gasteiger partial charge >= 0.3 is 0 Å². The monoisotopic (exact) mass is 243 g/mol. The Kier molecular flexibility index (Phi) is 4.81. The van der Waals surface area contributed by atoms with E-state index in [9.17, 15) is 13.6 Å². The molecule has 0 saturated carbocycles. The first-order valence-electron chi connectivity index (χ1n) is 5.40. The van der Waals surface area contributed by atoms with Crippen molar-refractivity contribution in [3.63, 3.8) is 0 Å². The molecule has 1 aromatic rings. The van der Waals surface area contributed by atoms with E-state index < -0.39 is 17.7 Å². The van der Waals surface area contributed by atoms with Gasteiger partial charge in [0.2, 0.25) is 5.91 Å². The predicted molar refractivity (Wildman–Crippen MR) is 60.5 cm³/mol.